The smallest absolute Gasteiger partial charge is 0.206 e. The van der Waals surface area contributed by atoms with Crippen molar-refractivity contribution >= 4 is 16.5 Å². The zero-order valence-corrected chi connectivity index (χ0v) is 3.55. The van der Waals surface area contributed by atoms with Crippen LogP contribution in [-0.4, -0.2) is 9.76 Å². The molecule has 0 N–H and O–H groups in total. The van der Waals surface area contributed by atoms with E-state index in [0.717, 1.165) is 0 Å². The van der Waals surface area contributed by atoms with Crippen molar-refractivity contribution in [3.05, 3.63) is 0 Å². The fourth-order valence-electron chi connectivity index (χ4n) is 0.140. The third kappa shape index (κ3) is 0.486. The van der Waals surface area contributed by atoms with Crippen molar-refractivity contribution in [1.82, 2.24) is 0 Å². The summed E-state index contributed by atoms with van der Waals surface area (Å²) in [5, 5.41) is 6.26. The van der Waals surface area contributed by atoms with E-state index in [1.54, 1.807) is 0 Å². The Morgan fingerprint density at radius 1 is 1.67 bits per heavy atom. The molecule has 1 aliphatic heterocycles. The van der Waals surface area contributed by atoms with Gasteiger partial charge in [0, 0.05) is 0 Å². The largest absolute Gasteiger partial charge is 0.227 e. The Morgan fingerprint density at radius 2 is 2.50 bits per heavy atom. The monoisotopic (exact) mass is 103 g/mol. The summed E-state index contributed by atoms with van der Waals surface area (Å²) in [5.74, 6) is 0. The van der Waals surface area contributed by atoms with Gasteiger partial charge in [-0.15, -0.1) is 5.10 Å². The van der Waals surface area contributed by atoms with E-state index in [4.69, 9.17) is 0 Å². The summed E-state index contributed by atoms with van der Waals surface area (Å²) in [6, 6.07) is 0. The number of hydrogen-bond donors (Lipinski definition) is 0. The summed E-state index contributed by atoms with van der Waals surface area (Å²) in [4.78, 5) is 0. The van der Waals surface area contributed by atoms with Crippen LogP contribution >= 0.6 is 0 Å². The van der Waals surface area contributed by atoms with E-state index in [1.807, 2.05) is 0 Å². The predicted octanol–water partition coefficient (Wildman–Crippen LogP) is 0.0592. The highest BCUT2D eigenvalue weighted by Gasteiger charge is 1.91. The first-order chi connectivity index (χ1) is 2.89. The Morgan fingerprint density at radius 3 is 2.67 bits per heavy atom. The first-order valence-corrected chi connectivity index (χ1v) is 2.41. The molecule has 0 amide bonds. The third-order valence-corrected chi connectivity index (χ3v) is 0.815. The number of rotatable bonds is 0. The molecule has 0 saturated carbocycles. The van der Waals surface area contributed by atoms with Crippen molar-refractivity contribution in [1.29, 1.82) is 0 Å². The van der Waals surface area contributed by atoms with Gasteiger partial charge >= 0.3 is 0 Å². The van der Waals surface area contributed by atoms with Crippen LogP contribution < -0.4 is 0 Å². The summed E-state index contributed by atoms with van der Waals surface area (Å²) in [7, 11) is -1.26. The second kappa shape index (κ2) is 1.25. The van der Waals surface area contributed by atoms with E-state index >= 15 is 0 Å². The minimum absolute atomic E-state index is 1.17. The lowest BCUT2D eigenvalue weighted by molar-refractivity contribution is 0.690. The highest BCUT2D eigenvalue weighted by molar-refractivity contribution is 7.97. The highest BCUT2D eigenvalue weighted by atomic mass is 32.2. The molecule has 0 radical (unpaired) electrons. The number of hydrogen-bond acceptors (Lipinski definition) is 3. The van der Waals surface area contributed by atoms with Crippen LogP contribution in [0.3, 0.4) is 0 Å². The van der Waals surface area contributed by atoms with Crippen molar-refractivity contribution in [2.45, 2.75) is 0 Å². The summed E-state index contributed by atoms with van der Waals surface area (Å²) in [5.41, 5.74) is 1.17. The van der Waals surface area contributed by atoms with Crippen LogP contribution in [0.1, 0.15) is 0 Å². The second-order valence-corrected chi connectivity index (χ2v) is 1.59. The minimum Gasteiger partial charge on any atom is -0.227 e. The summed E-state index contributed by atoms with van der Waals surface area (Å²) in [6.07, 6.45) is 0. The Kier molecular flexibility index (Phi) is 0.754. The van der Waals surface area contributed by atoms with Crippen molar-refractivity contribution < 1.29 is 4.21 Å². The van der Waals surface area contributed by atoms with Gasteiger partial charge in [-0.2, -0.15) is 0 Å². The van der Waals surface area contributed by atoms with Crippen LogP contribution in [0.25, 0.3) is 0 Å². The summed E-state index contributed by atoms with van der Waals surface area (Å²) >= 11 is 0. The topological polar surface area (TPSA) is 54.1 Å². The molecule has 0 bridgehead atoms. The van der Waals surface area contributed by atoms with Crippen LogP contribution in [0, 0.1) is 0 Å². The molecule has 5 heteroatoms. The molecule has 1 aliphatic rings. The maximum Gasteiger partial charge on any atom is 0.206 e. The SMILES string of the molecule is O=S1C=NN=N1. The van der Waals surface area contributed by atoms with Gasteiger partial charge in [-0.3, -0.25) is 0 Å². The van der Waals surface area contributed by atoms with Gasteiger partial charge in [0.2, 0.25) is 11.0 Å². The quantitative estimate of drug-likeness (QED) is 0.427. The van der Waals surface area contributed by atoms with Gasteiger partial charge in [0.25, 0.3) is 0 Å². The van der Waals surface area contributed by atoms with E-state index in [0.29, 0.717) is 0 Å². The molecule has 1 atom stereocenters. The molecule has 1 rings (SSSR count). The van der Waals surface area contributed by atoms with E-state index in [1.165, 1.54) is 5.55 Å². The van der Waals surface area contributed by atoms with Crippen LogP contribution in [0.15, 0.2) is 14.8 Å². The molecule has 0 aromatic heterocycles. The molecule has 0 aromatic rings. The Hall–Kier alpha value is -0.580. The standard InChI is InChI=1S/CHN3OS/c5-6-1-2-3-4-6/h1H. The molecular formula is CHN3OS. The molecule has 6 heavy (non-hydrogen) atoms. The predicted molar refractivity (Wildman–Crippen MR) is 21.5 cm³/mol. The van der Waals surface area contributed by atoms with Gasteiger partial charge in [-0.1, -0.05) is 4.52 Å². The maximum atomic E-state index is 9.94. The molecule has 0 saturated heterocycles. The first kappa shape index (κ1) is 3.60. The van der Waals surface area contributed by atoms with Crippen molar-refractivity contribution in [2.24, 2.45) is 14.8 Å². The fraction of sp³-hybridized carbons (Fsp3) is 0. The fourth-order valence-corrected chi connectivity index (χ4v) is 0.419. The molecule has 0 fully saturated rings. The van der Waals surface area contributed by atoms with Crippen LogP contribution in [-0.2, 0) is 11.0 Å². The molecule has 1 heterocycles. The second-order valence-electron chi connectivity index (χ2n) is 0.668. The van der Waals surface area contributed by atoms with E-state index in [9.17, 15) is 4.21 Å². The maximum absolute atomic E-state index is 9.94. The zero-order valence-electron chi connectivity index (χ0n) is 2.74. The van der Waals surface area contributed by atoms with E-state index < -0.39 is 11.0 Å². The van der Waals surface area contributed by atoms with E-state index in [2.05, 4.69) is 14.8 Å². The average molecular weight is 103 g/mol. The molecule has 4 nitrogen and oxygen atoms in total. The summed E-state index contributed by atoms with van der Waals surface area (Å²) in [6.45, 7) is 0. The first-order valence-electron chi connectivity index (χ1n) is 1.24. The molecular weight excluding hydrogens is 102 g/mol. The molecule has 0 aliphatic carbocycles. The van der Waals surface area contributed by atoms with Crippen LogP contribution in [0.4, 0.5) is 0 Å². The zero-order chi connectivity index (χ0) is 4.41. The summed E-state index contributed by atoms with van der Waals surface area (Å²) < 4.78 is 13.1. The van der Waals surface area contributed by atoms with Gasteiger partial charge in [0.05, 0.1) is 0 Å². The van der Waals surface area contributed by atoms with Crippen molar-refractivity contribution in [2.75, 3.05) is 0 Å². The normalized spacial score (nSPS) is 29.0. The molecule has 0 spiro atoms. The Labute approximate surface area is 36.6 Å². The third-order valence-electron chi connectivity index (χ3n) is 0.306. The lowest BCUT2D eigenvalue weighted by atomic mass is 11.7. The Balaban J connectivity index is 2.86. The minimum atomic E-state index is -1.26. The van der Waals surface area contributed by atoms with E-state index in [-0.39, 0.29) is 0 Å². The number of nitrogens with zero attached hydrogens (tertiary/aromatic N) is 3. The molecule has 1 unspecified atom stereocenters. The van der Waals surface area contributed by atoms with Gasteiger partial charge in [0.1, 0.15) is 5.55 Å². The van der Waals surface area contributed by atoms with Crippen LogP contribution in [0.5, 0.6) is 0 Å². The van der Waals surface area contributed by atoms with Gasteiger partial charge in [0.15, 0.2) is 0 Å². The molecule has 32 valence electrons. The van der Waals surface area contributed by atoms with Crippen molar-refractivity contribution in [3.8, 4) is 0 Å². The van der Waals surface area contributed by atoms with Gasteiger partial charge in [-0.25, -0.2) is 4.21 Å². The van der Waals surface area contributed by atoms with Crippen molar-refractivity contribution in [3.63, 3.8) is 0 Å². The highest BCUT2D eigenvalue weighted by Crippen LogP contribution is 1.89. The lowest BCUT2D eigenvalue weighted by Gasteiger charge is -1.58. The van der Waals surface area contributed by atoms with Crippen LogP contribution in [0.2, 0.25) is 0 Å². The average Bonchev–Trinajstić information content (AvgIpc) is 1.86. The molecule has 0 aromatic carbocycles. The van der Waals surface area contributed by atoms with Gasteiger partial charge < -0.3 is 0 Å². The van der Waals surface area contributed by atoms with Gasteiger partial charge in [-0.05, 0) is 5.22 Å². The Bertz CT molecular complexity index is 113. The lowest BCUT2D eigenvalue weighted by Crippen LogP contribution is -1.73.